The van der Waals surface area contributed by atoms with E-state index in [0.717, 1.165) is 0 Å². The Kier molecular flexibility index (Phi) is 5.57. The van der Waals surface area contributed by atoms with E-state index in [9.17, 15) is 9.59 Å². The standard InChI is InChI=1S/C11H15N3O3S/c1-4-12-9(15)6-18-10-8(11(16)17-3)5-13-7(2)14-10/h5H,4,6H2,1-3H3,(H,12,15). The summed E-state index contributed by atoms with van der Waals surface area (Å²) in [6, 6.07) is 0. The Morgan fingerprint density at radius 2 is 2.22 bits per heavy atom. The van der Waals surface area contributed by atoms with Crippen LogP contribution in [-0.2, 0) is 9.53 Å². The number of nitrogens with one attached hydrogen (secondary N) is 1. The number of esters is 1. The van der Waals surface area contributed by atoms with E-state index in [0.29, 0.717) is 17.4 Å². The maximum Gasteiger partial charge on any atom is 0.342 e. The largest absolute Gasteiger partial charge is 0.465 e. The average molecular weight is 269 g/mol. The van der Waals surface area contributed by atoms with E-state index in [1.54, 1.807) is 6.92 Å². The molecule has 0 aliphatic heterocycles. The average Bonchev–Trinajstić information content (AvgIpc) is 2.36. The van der Waals surface area contributed by atoms with Gasteiger partial charge in [0.15, 0.2) is 0 Å². The first-order valence-corrected chi connectivity index (χ1v) is 6.38. The van der Waals surface area contributed by atoms with Crippen LogP contribution in [-0.4, -0.2) is 41.3 Å². The molecular formula is C11H15N3O3S. The number of hydrogen-bond donors (Lipinski definition) is 1. The summed E-state index contributed by atoms with van der Waals surface area (Å²) in [7, 11) is 1.29. The van der Waals surface area contributed by atoms with Crippen LogP contribution in [0.3, 0.4) is 0 Å². The zero-order chi connectivity index (χ0) is 13.5. The predicted molar refractivity (Wildman–Crippen MR) is 67.5 cm³/mol. The fraction of sp³-hybridized carbons (Fsp3) is 0.455. The molecule has 1 N–H and O–H groups in total. The second-order valence-electron chi connectivity index (χ2n) is 3.37. The monoisotopic (exact) mass is 269 g/mol. The van der Waals surface area contributed by atoms with Gasteiger partial charge in [-0.25, -0.2) is 14.8 Å². The van der Waals surface area contributed by atoms with Gasteiger partial charge in [0.25, 0.3) is 0 Å². The van der Waals surface area contributed by atoms with Crippen LogP contribution >= 0.6 is 11.8 Å². The van der Waals surface area contributed by atoms with Crippen LogP contribution in [0.15, 0.2) is 11.2 Å². The Balaban J connectivity index is 2.82. The van der Waals surface area contributed by atoms with Crippen molar-refractivity contribution >= 4 is 23.6 Å². The summed E-state index contributed by atoms with van der Waals surface area (Å²) in [4.78, 5) is 31.0. The van der Waals surface area contributed by atoms with Crippen molar-refractivity contribution in [2.75, 3.05) is 19.4 Å². The van der Waals surface area contributed by atoms with E-state index >= 15 is 0 Å². The molecule has 0 unspecified atom stereocenters. The predicted octanol–water partition coefficient (Wildman–Crippen LogP) is 0.800. The van der Waals surface area contributed by atoms with E-state index in [-0.39, 0.29) is 17.2 Å². The molecule has 0 aromatic carbocycles. The Hall–Kier alpha value is -1.63. The van der Waals surface area contributed by atoms with Crippen LogP contribution in [0.5, 0.6) is 0 Å². The number of carbonyl (C=O) groups excluding carboxylic acids is 2. The van der Waals surface area contributed by atoms with Crippen molar-refractivity contribution in [3.05, 3.63) is 17.6 Å². The van der Waals surface area contributed by atoms with E-state index in [2.05, 4.69) is 20.0 Å². The van der Waals surface area contributed by atoms with Crippen molar-refractivity contribution in [2.24, 2.45) is 0 Å². The third-order valence-electron chi connectivity index (χ3n) is 1.99. The van der Waals surface area contributed by atoms with Gasteiger partial charge in [-0.15, -0.1) is 0 Å². The highest BCUT2D eigenvalue weighted by atomic mass is 32.2. The third kappa shape index (κ3) is 3.99. The Morgan fingerprint density at radius 1 is 1.50 bits per heavy atom. The minimum absolute atomic E-state index is 0.102. The van der Waals surface area contributed by atoms with Crippen molar-refractivity contribution < 1.29 is 14.3 Å². The first kappa shape index (κ1) is 14.4. The van der Waals surface area contributed by atoms with E-state index in [1.807, 2.05) is 6.92 Å². The third-order valence-corrected chi connectivity index (χ3v) is 2.98. The topological polar surface area (TPSA) is 81.2 Å². The molecular weight excluding hydrogens is 254 g/mol. The SMILES string of the molecule is CCNC(=O)CSc1nc(C)ncc1C(=O)OC. The minimum Gasteiger partial charge on any atom is -0.465 e. The van der Waals surface area contributed by atoms with Gasteiger partial charge in [0.2, 0.25) is 5.91 Å². The number of aryl methyl sites for hydroxylation is 1. The lowest BCUT2D eigenvalue weighted by molar-refractivity contribution is -0.118. The maximum atomic E-state index is 11.5. The summed E-state index contributed by atoms with van der Waals surface area (Å²) in [5.41, 5.74) is 0.275. The molecule has 1 heterocycles. The summed E-state index contributed by atoms with van der Waals surface area (Å²) in [6.45, 7) is 4.14. The summed E-state index contributed by atoms with van der Waals surface area (Å²) in [6.07, 6.45) is 1.41. The molecule has 6 nitrogen and oxygen atoms in total. The first-order valence-electron chi connectivity index (χ1n) is 5.40. The number of rotatable bonds is 5. The molecule has 18 heavy (non-hydrogen) atoms. The van der Waals surface area contributed by atoms with Gasteiger partial charge in [-0.2, -0.15) is 0 Å². The lowest BCUT2D eigenvalue weighted by Gasteiger charge is -2.07. The maximum absolute atomic E-state index is 11.5. The number of amides is 1. The zero-order valence-electron chi connectivity index (χ0n) is 10.5. The van der Waals surface area contributed by atoms with Crippen molar-refractivity contribution in [3.8, 4) is 0 Å². The van der Waals surface area contributed by atoms with Gasteiger partial charge in [-0.1, -0.05) is 11.8 Å². The summed E-state index contributed by atoms with van der Waals surface area (Å²) in [5.74, 6) is 0.137. The van der Waals surface area contributed by atoms with Crippen molar-refractivity contribution in [2.45, 2.75) is 18.9 Å². The van der Waals surface area contributed by atoms with Gasteiger partial charge >= 0.3 is 5.97 Å². The van der Waals surface area contributed by atoms with Gasteiger partial charge in [0.05, 0.1) is 12.9 Å². The quantitative estimate of drug-likeness (QED) is 0.484. The first-order chi connectivity index (χ1) is 8.58. The summed E-state index contributed by atoms with van der Waals surface area (Å²) < 4.78 is 4.64. The molecule has 0 fully saturated rings. The van der Waals surface area contributed by atoms with E-state index in [4.69, 9.17) is 0 Å². The van der Waals surface area contributed by atoms with Crippen molar-refractivity contribution in [1.29, 1.82) is 0 Å². The number of hydrogen-bond acceptors (Lipinski definition) is 6. The molecule has 0 saturated heterocycles. The number of ether oxygens (including phenoxy) is 1. The molecule has 0 aliphatic carbocycles. The highest BCUT2D eigenvalue weighted by Crippen LogP contribution is 2.20. The summed E-state index contributed by atoms with van der Waals surface area (Å²) >= 11 is 1.19. The van der Waals surface area contributed by atoms with Gasteiger partial charge in [-0.05, 0) is 13.8 Å². The fourth-order valence-electron chi connectivity index (χ4n) is 1.19. The molecule has 1 rings (SSSR count). The molecule has 98 valence electrons. The molecule has 7 heteroatoms. The molecule has 0 atom stereocenters. The van der Waals surface area contributed by atoms with Crippen LogP contribution < -0.4 is 5.32 Å². The van der Waals surface area contributed by atoms with Gasteiger partial charge < -0.3 is 10.1 Å². The number of carbonyl (C=O) groups is 2. The highest BCUT2D eigenvalue weighted by Gasteiger charge is 2.15. The second kappa shape index (κ2) is 6.95. The number of thioether (sulfide) groups is 1. The van der Waals surface area contributed by atoms with Crippen molar-refractivity contribution in [1.82, 2.24) is 15.3 Å². The normalized spacial score (nSPS) is 9.94. The zero-order valence-corrected chi connectivity index (χ0v) is 11.3. The fourth-order valence-corrected chi connectivity index (χ4v) is 2.05. The molecule has 0 saturated carbocycles. The number of methoxy groups -OCH3 is 1. The van der Waals surface area contributed by atoms with E-state index < -0.39 is 5.97 Å². The lowest BCUT2D eigenvalue weighted by atomic mass is 10.3. The van der Waals surface area contributed by atoms with Crippen LogP contribution in [0.4, 0.5) is 0 Å². The molecule has 1 aromatic heterocycles. The van der Waals surface area contributed by atoms with Crippen LogP contribution in [0.2, 0.25) is 0 Å². The highest BCUT2D eigenvalue weighted by molar-refractivity contribution is 8.00. The lowest BCUT2D eigenvalue weighted by Crippen LogP contribution is -2.24. The Morgan fingerprint density at radius 3 is 2.83 bits per heavy atom. The van der Waals surface area contributed by atoms with Crippen LogP contribution in [0.1, 0.15) is 23.1 Å². The molecule has 0 aliphatic rings. The molecule has 1 amide bonds. The molecule has 0 spiro atoms. The Labute approximate surface area is 110 Å². The Bertz CT molecular complexity index is 451. The second-order valence-corrected chi connectivity index (χ2v) is 4.33. The van der Waals surface area contributed by atoms with Crippen LogP contribution in [0, 0.1) is 6.92 Å². The van der Waals surface area contributed by atoms with Gasteiger partial charge in [0, 0.05) is 12.7 Å². The molecule has 0 bridgehead atoms. The molecule has 0 radical (unpaired) electrons. The van der Waals surface area contributed by atoms with E-state index in [1.165, 1.54) is 25.1 Å². The van der Waals surface area contributed by atoms with Crippen LogP contribution in [0.25, 0.3) is 0 Å². The van der Waals surface area contributed by atoms with Gasteiger partial charge in [0.1, 0.15) is 16.4 Å². The minimum atomic E-state index is -0.506. The summed E-state index contributed by atoms with van der Waals surface area (Å²) in [5, 5.41) is 3.13. The number of nitrogens with zero attached hydrogens (tertiary/aromatic N) is 2. The van der Waals surface area contributed by atoms with Crippen molar-refractivity contribution in [3.63, 3.8) is 0 Å². The smallest absolute Gasteiger partial charge is 0.342 e. The number of aromatic nitrogens is 2. The molecule has 1 aromatic rings. The van der Waals surface area contributed by atoms with Gasteiger partial charge in [-0.3, -0.25) is 4.79 Å².